The van der Waals surface area contributed by atoms with Crippen molar-refractivity contribution in [2.45, 2.75) is 50.0 Å². The topological polar surface area (TPSA) is 49.4 Å². The summed E-state index contributed by atoms with van der Waals surface area (Å²) in [6, 6.07) is 13.6. The van der Waals surface area contributed by atoms with Gasteiger partial charge in [-0.15, -0.1) is 0 Å². The van der Waals surface area contributed by atoms with Crippen LogP contribution in [0.4, 0.5) is 5.69 Å². The van der Waals surface area contributed by atoms with Gasteiger partial charge in [-0.05, 0) is 60.6 Å². The van der Waals surface area contributed by atoms with E-state index in [9.17, 15) is 8.42 Å². The molecule has 2 aromatic carbocycles. The van der Waals surface area contributed by atoms with Crippen molar-refractivity contribution in [2.75, 3.05) is 18.4 Å². The zero-order chi connectivity index (χ0) is 21.3. The first-order valence-corrected chi connectivity index (χ1v) is 12.6. The van der Waals surface area contributed by atoms with E-state index in [1.165, 1.54) is 0 Å². The molecule has 1 N–H and O–H groups in total. The highest BCUT2D eigenvalue weighted by molar-refractivity contribution is 7.89. The van der Waals surface area contributed by atoms with Gasteiger partial charge in [-0.25, -0.2) is 8.42 Å². The van der Waals surface area contributed by atoms with Crippen LogP contribution >= 0.6 is 11.6 Å². The maximum atomic E-state index is 13.3. The Bertz CT molecular complexity index is 1040. The highest BCUT2D eigenvalue weighted by Crippen LogP contribution is 2.51. The Morgan fingerprint density at radius 2 is 1.80 bits per heavy atom. The molecule has 1 aliphatic carbocycles. The molecule has 0 bridgehead atoms. The molecule has 0 saturated carbocycles. The molecule has 0 spiro atoms. The van der Waals surface area contributed by atoms with E-state index in [4.69, 9.17) is 11.6 Å². The summed E-state index contributed by atoms with van der Waals surface area (Å²) in [6.07, 6.45) is 6.98. The van der Waals surface area contributed by atoms with Gasteiger partial charge in [0.25, 0.3) is 0 Å². The molecule has 1 aliphatic heterocycles. The maximum Gasteiger partial charge on any atom is 0.243 e. The van der Waals surface area contributed by atoms with E-state index in [0.29, 0.717) is 23.9 Å². The molecule has 0 radical (unpaired) electrons. The van der Waals surface area contributed by atoms with E-state index in [0.717, 1.165) is 41.1 Å². The van der Waals surface area contributed by atoms with Crippen LogP contribution in [-0.4, -0.2) is 25.8 Å². The molecule has 6 heteroatoms. The highest BCUT2D eigenvalue weighted by Gasteiger charge is 2.39. The fourth-order valence-electron chi connectivity index (χ4n) is 4.77. The van der Waals surface area contributed by atoms with E-state index in [1.807, 2.05) is 44.2 Å². The van der Waals surface area contributed by atoms with E-state index < -0.39 is 10.0 Å². The second-order valence-electron chi connectivity index (χ2n) is 8.15. The van der Waals surface area contributed by atoms with Crippen molar-refractivity contribution in [1.29, 1.82) is 0 Å². The first-order chi connectivity index (χ1) is 14.5. The van der Waals surface area contributed by atoms with Crippen LogP contribution in [0, 0.1) is 5.92 Å². The minimum Gasteiger partial charge on any atom is -0.378 e. The number of sulfonamides is 1. The molecular weight excluding hydrogens is 416 g/mol. The van der Waals surface area contributed by atoms with E-state index in [1.54, 1.807) is 10.4 Å². The molecule has 30 heavy (non-hydrogen) atoms. The van der Waals surface area contributed by atoms with Crippen molar-refractivity contribution >= 4 is 27.3 Å². The smallest absolute Gasteiger partial charge is 0.243 e. The van der Waals surface area contributed by atoms with Crippen LogP contribution in [0.5, 0.6) is 0 Å². The van der Waals surface area contributed by atoms with Crippen molar-refractivity contribution in [2.24, 2.45) is 5.92 Å². The predicted octanol–water partition coefficient (Wildman–Crippen LogP) is 5.98. The Kier molecular flexibility index (Phi) is 6.24. The Hall–Kier alpha value is -1.82. The molecule has 2 aliphatic rings. The molecule has 0 amide bonds. The van der Waals surface area contributed by atoms with Gasteiger partial charge in [0, 0.05) is 29.7 Å². The van der Waals surface area contributed by atoms with E-state index in [-0.39, 0.29) is 12.0 Å². The molecule has 2 aromatic rings. The Labute approximate surface area is 185 Å². The van der Waals surface area contributed by atoms with Crippen LogP contribution in [0.2, 0.25) is 5.02 Å². The summed E-state index contributed by atoms with van der Waals surface area (Å²) in [5.41, 5.74) is 3.15. The normalized spacial score (nSPS) is 22.6. The number of anilines is 1. The Balaban J connectivity index is 1.73. The van der Waals surface area contributed by atoms with Gasteiger partial charge >= 0.3 is 0 Å². The Morgan fingerprint density at radius 1 is 1.07 bits per heavy atom. The molecule has 4 rings (SSSR count). The minimum absolute atomic E-state index is 0.102. The van der Waals surface area contributed by atoms with Crippen LogP contribution in [0.25, 0.3) is 0 Å². The quantitative estimate of drug-likeness (QED) is 0.534. The molecule has 0 fully saturated rings. The third-order valence-electron chi connectivity index (χ3n) is 6.16. The molecule has 1 heterocycles. The lowest BCUT2D eigenvalue weighted by Crippen LogP contribution is -2.33. The fraction of sp³-hybridized carbons (Fsp3) is 0.417. The number of hydrogen-bond acceptors (Lipinski definition) is 3. The average Bonchev–Trinajstić information content (AvgIpc) is 3.23. The average molecular weight is 445 g/mol. The van der Waals surface area contributed by atoms with Crippen LogP contribution in [0.3, 0.4) is 0 Å². The number of fused-ring (bicyclic) bond motifs is 3. The fourth-order valence-corrected chi connectivity index (χ4v) is 6.68. The van der Waals surface area contributed by atoms with E-state index >= 15 is 0 Å². The number of hydrogen-bond donors (Lipinski definition) is 1. The number of allylic oxidation sites excluding steroid dienone is 2. The zero-order valence-corrected chi connectivity index (χ0v) is 19.1. The summed E-state index contributed by atoms with van der Waals surface area (Å²) >= 11 is 6.51. The highest BCUT2D eigenvalue weighted by atomic mass is 35.5. The van der Waals surface area contributed by atoms with Crippen LogP contribution < -0.4 is 5.32 Å². The third-order valence-corrected chi connectivity index (χ3v) is 8.40. The maximum absolute atomic E-state index is 13.3. The van der Waals surface area contributed by atoms with Crippen molar-refractivity contribution in [3.63, 3.8) is 0 Å². The minimum atomic E-state index is -3.50. The zero-order valence-electron chi connectivity index (χ0n) is 17.5. The van der Waals surface area contributed by atoms with Gasteiger partial charge in [-0.2, -0.15) is 4.31 Å². The molecular formula is C24H29ClN2O2S. The van der Waals surface area contributed by atoms with Crippen LogP contribution in [-0.2, 0) is 10.0 Å². The number of halogens is 1. The predicted molar refractivity (Wildman–Crippen MR) is 124 cm³/mol. The van der Waals surface area contributed by atoms with Gasteiger partial charge in [0.1, 0.15) is 0 Å². The summed E-state index contributed by atoms with van der Waals surface area (Å²) < 4.78 is 28.2. The van der Waals surface area contributed by atoms with Crippen molar-refractivity contribution in [3.05, 3.63) is 70.8 Å². The lowest BCUT2D eigenvalue weighted by Gasteiger charge is -2.38. The summed E-state index contributed by atoms with van der Waals surface area (Å²) in [5, 5.41) is 4.41. The summed E-state index contributed by atoms with van der Waals surface area (Å²) in [4.78, 5) is 0.389. The first kappa shape index (κ1) is 21.4. The standard InChI is InChI=1S/C24H29ClN2O2S/c1-3-14-27(15-4-2)30(28,29)17-12-13-23-21(16-17)18-9-7-10-19(18)24(26-23)20-8-5-6-11-22(20)25/h5-9,11-13,16,18-19,24,26H,3-4,10,14-15H2,1-2H3. The van der Waals surface area contributed by atoms with E-state index in [2.05, 4.69) is 23.5 Å². The number of nitrogens with zero attached hydrogens (tertiary/aromatic N) is 1. The Morgan fingerprint density at radius 3 is 2.50 bits per heavy atom. The number of benzene rings is 2. The molecule has 0 aromatic heterocycles. The second-order valence-corrected chi connectivity index (χ2v) is 10.5. The van der Waals surface area contributed by atoms with Gasteiger partial charge in [-0.3, -0.25) is 0 Å². The van der Waals surface area contributed by atoms with Gasteiger partial charge in [0.05, 0.1) is 10.9 Å². The first-order valence-electron chi connectivity index (χ1n) is 10.8. The second kappa shape index (κ2) is 8.74. The lowest BCUT2D eigenvalue weighted by atomic mass is 9.77. The number of nitrogens with one attached hydrogen (secondary N) is 1. The third kappa shape index (κ3) is 3.79. The molecule has 3 unspecified atom stereocenters. The molecule has 0 saturated heterocycles. The van der Waals surface area contributed by atoms with Gasteiger partial charge in [0.2, 0.25) is 10.0 Å². The summed E-state index contributed by atoms with van der Waals surface area (Å²) in [5.74, 6) is 0.501. The van der Waals surface area contributed by atoms with Crippen molar-refractivity contribution in [3.8, 4) is 0 Å². The van der Waals surface area contributed by atoms with Crippen LogP contribution in [0.1, 0.15) is 56.2 Å². The number of rotatable bonds is 7. The van der Waals surface area contributed by atoms with Gasteiger partial charge in [0.15, 0.2) is 0 Å². The SMILES string of the molecule is CCCN(CCC)S(=O)(=O)c1ccc2c(c1)C1C=CCC1C(c1ccccc1Cl)N2. The molecule has 4 nitrogen and oxygen atoms in total. The van der Waals surface area contributed by atoms with Gasteiger partial charge in [-0.1, -0.05) is 55.8 Å². The van der Waals surface area contributed by atoms with Crippen molar-refractivity contribution < 1.29 is 8.42 Å². The molecule has 3 atom stereocenters. The molecule has 160 valence electrons. The monoisotopic (exact) mass is 444 g/mol. The summed E-state index contributed by atoms with van der Waals surface area (Å²) in [6.45, 7) is 5.12. The lowest BCUT2D eigenvalue weighted by molar-refractivity contribution is 0.409. The largest absolute Gasteiger partial charge is 0.378 e. The summed E-state index contributed by atoms with van der Waals surface area (Å²) in [7, 11) is -3.50. The van der Waals surface area contributed by atoms with Crippen molar-refractivity contribution in [1.82, 2.24) is 4.31 Å². The van der Waals surface area contributed by atoms with Gasteiger partial charge < -0.3 is 5.32 Å². The van der Waals surface area contributed by atoms with Crippen LogP contribution in [0.15, 0.2) is 59.5 Å².